The van der Waals surface area contributed by atoms with Crippen LogP contribution in [0.3, 0.4) is 0 Å². The van der Waals surface area contributed by atoms with Gasteiger partial charge in [0.25, 0.3) is 0 Å². The van der Waals surface area contributed by atoms with Crippen molar-refractivity contribution in [3.63, 3.8) is 0 Å². The van der Waals surface area contributed by atoms with Crippen molar-refractivity contribution >= 4 is 35.9 Å². The number of guanidine groups is 1. The lowest BCUT2D eigenvalue weighted by molar-refractivity contribution is -0.149. The second kappa shape index (κ2) is 12.9. The molecule has 0 amide bonds. The van der Waals surface area contributed by atoms with E-state index in [0.717, 1.165) is 6.07 Å². The summed E-state index contributed by atoms with van der Waals surface area (Å²) in [4.78, 5) is 18.4. The van der Waals surface area contributed by atoms with Gasteiger partial charge in [-0.1, -0.05) is 12.1 Å². The van der Waals surface area contributed by atoms with E-state index in [1.807, 2.05) is 11.8 Å². The molecule has 1 N–H and O–H groups in total. The molecule has 1 fully saturated rings. The van der Waals surface area contributed by atoms with Gasteiger partial charge in [0.15, 0.2) is 5.96 Å². The molecular formula is C20H29F3IN3O3. The Morgan fingerprint density at radius 1 is 1.23 bits per heavy atom. The average Bonchev–Trinajstić information content (AvgIpc) is 2.70. The molecule has 0 bridgehead atoms. The number of ether oxygens (including phenoxy) is 2. The minimum Gasteiger partial charge on any atom is -0.491 e. The fourth-order valence-electron chi connectivity index (χ4n) is 3.15. The summed E-state index contributed by atoms with van der Waals surface area (Å²) in [7, 11) is 0. The summed E-state index contributed by atoms with van der Waals surface area (Å²) in [6, 6.07) is 5.14. The van der Waals surface area contributed by atoms with Crippen molar-refractivity contribution in [2.45, 2.75) is 32.9 Å². The highest BCUT2D eigenvalue weighted by atomic mass is 127. The third-order valence-corrected chi connectivity index (χ3v) is 4.55. The van der Waals surface area contributed by atoms with E-state index < -0.39 is 11.7 Å². The van der Waals surface area contributed by atoms with E-state index in [4.69, 9.17) is 9.47 Å². The number of hydrogen-bond acceptors (Lipinski definition) is 4. The maximum atomic E-state index is 13.0. The third kappa shape index (κ3) is 7.84. The summed E-state index contributed by atoms with van der Waals surface area (Å²) in [6.45, 7) is 6.33. The van der Waals surface area contributed by atoms with Crippen molar-refractivity contribution in [1.82, 2.24) is 10.2 Å². The Balaban J connectivity index is 0.00000450. The van der Waals surface area contributed by atoms with Gasteiger partial charge in [-0.15, -0.1) is 24.0 Å². The molecule has 1 aliphatic heterocycles. The number of carbonyl (C=O) groups excluding carboxylic acids is 1. The largest absolute Gasteiger partial charge is 0.491 e. The van der Waals surface area contributed by atoms with Crippen molar-refractivity contribution < 1.29 is 27.4 Å². The Kier molecular flexibility index (Phi) is 11.3. The van der Waals surface area contributed by atoms with Crippen LogP contribution in [0.1, 0.15) is 32.3 Å². The smallest absolute Gasteiger partial charge is 0.419 e. The summed E-state index contributed by atoms with van der Waals surface area (Å²) < 4.78 is 49.4. The van der Waals surface area contributed by atoms with Gasteiger partial charge in [-0.25, -0.2) is 4.99 Å². The van der Waals surface area contributed by atoms with Gasteiger partial charge in [0.1, 0.15) is 12.4 Å². The van der Waals surface area contributed by atoms with Crippen LogP contribution in [0.5, 0.6) is 5.75 Å². The molecule has 170 valence electrons. The van der Waals surface area contributed by atoms with E-state index in [1.54, 1.807) is 6.92 Å². The van der Waals surface area contributed by atoms with Crippen molar-refractivity contribution in [3.05, 3.63) is 29.8 Å². The van der Waals surface area contributed by atoms with Crippen LogP contribution < -0.4 is 10.1 Å². The lowest BCUT2D eigenvalue weighted by Gasteiger charge is -2.33. The number of piperidine rings is 1. The van der Waals surface area contributed by atoms with E-state index >= 15 is 0 Å². The molecule has 1 heterocycles. The van der Waals surface area contributed by atoms with Crippen LogP contribution in [0.15, 0.2) is 29.3 Å². The molecular weight excluding hydrogens is 514 g/mol. The normalized spacial score (nSPS) is 15.4. The molecule has 1 aliphatic rings. The number of likely N-dealkylation sites (tertiary alicyclic amines) is 1. The van der Waals surface area contributed by atoms with Gasteiger partial charge in [-0.2, -0.15) is 13.2 Å². The van der Waals surface area contributed by atoms with Crippen LogP contribution in [0.4, 0.5) is 13.2 Å². The van der Waals surface area contributed by atoms with Crippen molar-refractivity contribution in [2.24, 2.45) is 10.9 Å². The van der Waals surface area contributed by atoms with Crippen LogP contribution in [-0.2, 0) is 15.7 Å². The molecule has 30 heavy (non-hydrogen) atoms. The summed E-state index contributed by atoms with van der Waals surface area (Å²) in [5.41, 5.74) is -0.795. The molecule has 0 aliphatic carbocycles. The van der Waals surface area contributed by atoms with E-state index in [9.17, 15) is 18.0 Å². The summed E-state index contributed by atoms with van der Waals surface area (Å²) in [6.07, 6.45) is -3.10. The van der Waals surface area contributed by atoms with Crippen LogP contribution in [0, 0.1) is 5.92 Å². The summed E-state index contributed by atoms with van der Waals surface area (Å²) in [5, 5.41) is 3.18. The fourth-order valence-corrected chi connectivity index (χ4v) is 3.15. The average molecular weight is 543 g/mol. The van der Waals surface area contributed by atoms with Gasteiger partial charge in [0.2, 0.25) is 0 Å². The number of nitrogens with one attached hydrogen (secondary N) is 1. The first-order valence-electron chi connectivity index (χ1n) is 9.85. The highest BCUT2D eigenvalue weighted by Crippen LogP contribution is 2.35. The second-order valence-corrected chi connectivity index (χ2v) is 6.59. The minimum atomic E-state index is -4.46. The van der Waals surface area contributed by atoms with Gasteiger partial charge in [0, 0.05) is 19.6 Å². The zero-order valence-electron chi connectivity index (χ0n) is 17.2. The van der Waals surface area contributed by atoms with Crippen LogP contribution >= 0.6 is 24.0 Å². The molecule has 0 atom stereocenters. The Morgan fingerprint density at radius 3 is 2.50 bits per heavy atom. The quantitative estimate of drug-likeness (QED) is 0.186. The maximum Gasteiger partial charge on any atom is 0.419 e. The lowest BCUT2D eigenvalue weighted by atomic mass is 9.97. The van der Waals surface area contributed by atoms with Gasteiger partial charge in [-0.05, 0) is 38.8 Å². The molecule has 0 unspecified atom stereocenters. The molecule has 0 spiro atoms. The van der Waals surface area contributed by atoms with Gasteiger partial charge >= 0.3 is 12.1 Å². The zero-order valence-corrected chi connectivity index (χ0v) is 19.5. The number of benzene rings is 1. The standard InChI is InChI=1S/C20H28F3N3O3.HI/c1-3-24-19(26-12-9-15(10-13-26)18(27)28-4-2)25-11-14-29-17-8-6-5-7-16(17)20(21,22)23;/h5-8,15H,3-4,9-14H2,1-2H3,(H,24,25);1H. The monoisotopic (exact) mass is 543 g/mol. The number of hydrogen-bond donors (Lipinski definition) is 1. The first-order valence-corrected chi connectivity index (χ1v) is 9.85. The predicted molar refractivity (Wildman–Crippen MR) is 119 cm³/mol. The SMILES string of the molecule is CCNC(=NCCOc1ccccc1C(F)(F)F)N1CCC(C(=O)OCC)CC1.I. The number of esters is 1. The Morgan fingerprint density at radius 2 is 1.90 bits per heavy atom. The van der Waals surface area contributed by atoms with E-state index in [-0.39, 0.29) is 54.8 Å². The van der Waals surface area contributed by atoms with Crippen molar-refractivity contribution in [1.29, 1.82) is 0 Å². The summed E-state index contributed by atoms with van der Waals surface area (Å²) in [5.74, 6) is 0.208. The topological polar surface area (TPSA) is 63.2 Å². The second-order valence-electron chi connectivity index (χ2n) is 6.59. The predicted octanol–water partition coefficient (Wildman–Crippen LogP) is 3.94. The number of carbonyl (C=O) groups is 1. The van der Waals surface area contributed by atoms with Crippen LogP contribution in [-0.4, -0.2) is 56.2 Å². The van der Waals surface area contributed by atoms with Crippen molar-refractivity contribution in [3.8, 4) is 5.75 Å². The lowest BCUT2D eigenvalue weighted by Crippen LogP contribution is -2.46. The fraction of sp³-hybridized carbons (Fsp3) is 0.600. The Labute approximate surface area is 192 Å². The van der Waals surface area contributed by atoms with Gasteiger partial charge < -0.3 is 19.7 Å². The van der Waals surface area contributed by atoms with Crippen molar-refractivity contribution in [2.75, 3.05) is 39.4 Å². The third-order valence-electron chi connectivity index (χ3n) is 4.55. The molecule has 1 aromatic carbocycles. The number of rotatable bonds is 7. The Bertz CT molecular complexity index is 693. The zero-order chi connectivity index (χ0) is 21.3. The highest BCUT2D eigenvalue weighted by Gasteiger charge is 2.34. The molecule has 6 nitrogen and oxygen atoms in total. The molecule has 1 aromatic rings. The van der Waals surface area contributed by atoms with Gasteiger partial charge in [0.05, 0.1) is 24.6 Å². The van der Waals surface area contributed by atoms with E-state index in [2.05, 4.69) is 10.3 Å². The molecule has 1 saturated heterocycles. The summed E-state index contributed by atoms with van der Waals surface area (Å²) >= 11 is 0. The number of alkyl halides is 3. The Hall–Kier alpha value is -1.72. The molecule has 0 aromatic heterocycles. The van der Waals surface area contributed by atoms with Gasteiger partial charge in [-0.3, -0.25) is 4.79 Å². The molecule has 0 saturated carbocycles. The number of nitrogens with zero attached hydrogens (tertiary/aromatic N) is 2. The maximum absolute atomic E-state index is 13.0. The van der Waals surface area contributed by atoms with E-state index in [0.29, 0.717) is 45.0 Å². The molecule has 0 radical (unpaired) electrons. The number of aliphatic imine (C=N–C) groups is 1. The minimum absolute atomic E-state index is 0. The molecule has 2 rings (SSSR count). The number of halogens is 4. The molecule has 10 heteroatoms. The first-order chi connectivity index (χ1) is 13.9. The van der Waals surface area contributed by atoms with E-state index in [1.165, 1.54) is 18.2 Å². The number of para-hydroxylation sites is 1. The first kappa shape index (κ1) is 26.3. The highest BCUT2D eigenvalue weighted by molar-refractivity contribution is 14.0. The van der Waals surface area contributed by atoms with Crippen LogP contribution in [0.25, 0.3) is 0 Å². The van der Waals surface area contributed by atoms with Crippen LogP contribution in [0.2, 0.25) is 0 Å².